The first-order chi connectivity index (χ1) is 10.4. The van der Waals surface area contributed by atoms with Gasteiger partial charge < -0.3 is 9.80 Å². The number of likely N-dealkylation sites (tertiary alicyclic amines) is 1. The van der Waals surface area contributed by atoms with Gasteiger partial charge in [0.1, 0.15) is 5.69 Å². The number of anilines is 1. The Morgan fingerprint density at radius 3 is 2.45 bits per heavy atom. The molecule has 0 amide bonds. The Labute approximate surface area is 129 Å². The topological polar surface area (TPSA) is 19.4 Å². The Bertz CT molecular complexity index is 522. The molecule has 0 aromatic carbocycles. The summed E-state index contributed by atoms with van der Waals surface area (Å²) >= 11 is 0. The van der Waals surface area contributed by atoms with Crippen LogP contribution in [-0.4, -0.2) is 42.6 Å². The van der Waals surface area contributed by atoms with Crippen molar-refractivity contribution in [1.82, 2.24) is 9.88 Å². The number of nitrogens with zero attached hydrogens (tertiary/aromatic N) is 3. The molecule has 3 rings (SSSR count). The van der Waals surface area contributed by atoms with Crippen molar-refractivity contribution in [2.45, 2.75) is 32.4 Å². The zero-order chi connectivity index (χ0) is 15.8. The van der Waals surface area contributed by atoms with E-state index < -0.39 is 11.9 Å². The fraction of sp³-hybridized carbons (Fsp3) is 0.688. The molecule has 0 radical (unpaired) electrons. The first-order valence-electron chi connectivity index (χ1n) is 7.92. The van der Waals surface area contributed by atoms with Crippen LogP contribution >= 0.6 is 0 Å². The Balaban J connectivity index is 1.67. The summed E-state index contributed by atoms with van der Waals surface area (Å²) in [6, 6.07) is 2.85. The molecule has 0 unspecified atom stereocenters. The van der Waals surface area contributed by atoms with Crippen LogP contribution in [0.2, 0.25) is 0 Å². The molecule has 122 valence electrons. The lowest BCUT2D eigenvalue weighted by Crippen LogP contribution is -2.41. The maximum absolute atomic E-state index is 12.8. The normalized spacial score (nSPS) is 22.5. The van der Waals surface area contributed by atoms with Gasteiger partial charge in [0.2, 0.25) is 0 Å². The number of halogens is 3. The first-order valence-corrected chi connectivity index (χ1v) is 7.92. The molecule has 0 aliphatic carbocycles. The minimum absolute atomic E-state index is 0.381. The van der Waals surface area contributed by atoms with E-state index in [0.717, 1.165) is 45.6 Å². The van der Waals surface area contributed by atoms with E-state index in [0.29, 0.717) is 11.1 Å². The SMILES string of the molecule is CCN1CCC2(CCN(c3ccnc(C(F)(F)F)c3)CC2)C1. The number of pyridine rings is 1. The van der Waals surface area contributed by atoms with Crippen molar-refractivity contribution in [3.8, 4) is 0 Å². The predicted molar refractivity (Wildman–Crippen MR) is 79.9 cm³/mol. The second-order valence-corrected chi connectivity index (χ2v) is 6.50. The van der Waals surface area contributed by atoms with Gasteiger partial charge in [-0.2, -0.15) is 13.2 Å². The second-order valence-electron chi connectivity index (χ2n) is 6.50. The molecular formula is C16H22F3N3. The predicted octanol–water partition coefficient (Wildman–Crippen LogP) is 3.41. The number of piperidine rings is 1. The summed E-state index contributed by atoms with van der Waals surface area (Å²) in [4.78, 5) is 7.98. The minimum atomic E-state index is -4.37. The molecular weight excluding hydrogens is 291 g/mol. The molecule has 22 heavy (non-hydrogen) atoms. The number of hydrogen-bond acceptors (Lipinski definition) is 3. The van der Waals surface area contributed by atoms with Crippen LogP contribution in [0.5, 0.6) is 0 Å². The fourth-order valence-electron chi connectivity index (χ4n) is 3.72. The van der Waals surface area contributed by atoms with Crippen molar-refractivity contribution in [2.24, 2.45) is 5.41 Å². The molecule has 3 nitrogen and oxygen atoms in total. The molecule has 2 fully saturated rings. The van der Waals surface area contributed by atoms with Crippen molar-refractivity contribution in [1.29, 1.82) is 0 Å². The molecule has 0 atom stereocenters. The molecule has 2 aliphatic rings. The highest BCUT2D eigenvalue weighted by atomic mass is 19.4. The zero-order valence-electron chi connectivity index (χ0n) is 12.9. The van der Waals surface area contributed by atoms with Crippen LogP contribution in [0, 0.1) is 5.41 Å². The van der Waals surface area contributed by atoms with Gasteiger partial charge in [0.05, 0.1) is 0 Å². The molecule has 1 aromatic rings. The van der Waals surface area contributed by atoms with Gasteiger partial charge in [-0.25, -0.2) is 0 Å². The van der Waals surface area contributed by atoms with E-state index >= 15 is 0 Å². The fourth-order valence-corrected chi connectivity index (χ4v) is 3.72. The lowest BCUT2D eigenvalue weighted by atomic mass is 9.77. The van der Waals surface area contributed by atoms with Crippen molar-refractivity contribution in [2.75, 3.05) is 37.6 Å². The monoisotopic (exact) mass is 313 g/mol. The summed E-state index contributed by atoms with van der Waals surface area (Å²) < 4.78 is 38.3. The van der Waals surface area contributed by atoms with E-state index in [1.165, 1.54) is 18.7 Å². The zero-order valence-corrected chi connectivity index (χ0v) is 12.9. The van der Waals surface area contributed by atoms with Gasteiger partial charge in [-0.05, 0) is 49.9 Å². The quantitative estimate of drug-likeness (QED) is 0.834. The molecule has 1 spiro atoms. The molecule has 1 aromatic heterocycles. The summed E-state index contributed by atoms with van der Waals surface area (Å²) in [5.41, 5.74) is 0.220. The van der Waals surface area contributed by atoms with Gasteiger partial charge >= 0.3 is 6.18 Å². The summed E-state index contributed by atoms with van der Waals surface area (Å²) in [5, 5.41) is 0. The average molecular weight is 313 g/mol. The van der Waals surface area contributed by atoms with E-state index in [9.17, 15) is 13.2 Å². The van der Waals surface area contributed by atoms with E-state index in [1.54, 1.807) is 6.07 Å². The molecule has 6 heteroatoms. The maximum Gasteiger partial charge on any atom is 0.433 e. The average Bonchev–Trinajstić information content (AvgIpc) is 2.90. The van der Waals surface area contributed by atoms with E-state index in [2.05, 4.69) is 21.7 Å². The Hall–Kier alpha value is -1.30. The number of hydrogen-bond donors (Lipinski definition) is 0. The van der Waals surface area contributed by atoms with E-state index in [-0.39, 0.29) is 0 Å². The summed E-state index contributed by atoms with van der Waals surface area (Å²) in [6.45, 7) is 7.23. The summed E-state index contributed by atoms with van der Waals surface area (Å²) in [6.07, 6.45) is 0.232. The highest BCUT2D eigenvalue weighted by Gasteiger charge is 2.40. The van der Waals surface area contributed by atoms with Crippen molar-refractivity contribution < 1.29 is 13.2 Å². The standard InChI is InChI=1S/C16H22F3N3/c1-2-21-8-4-15(12-21)5-9-22(10-6-15)13-3-7-20-14(11-13)16(17,18)19/h3,7,11H,2,4-6,8-10,12H2,1H3. The third-order valence-electron chi connectivity index (χ3n) is 5.19. The number of alkyl halides is 3. The Kier molecular flexibility index (Phi) is 4.05. The molecule has 3 heterocycles. The van der Waals surface area contributed by atoms with Crippen LogP contribution in [-0.2, 0) is 6.18 Å². The van der Waals surface area contributed by atoms with Crippen LogP contribution in [0.25, 0.3) is 0 Å². The third-order valence-corrected chi connectivity index (χ3v) is 5.19. The van der Waals surface area contributed by atoms with Crippen LogP contribution in [0.3, 0.4) is 0 Å². The second kappa shape index (κ2) is 5.72. The van der Waals surface area contributed by atoms with Crippen LogP contribution in [0.15, 0.2) is 18.3 Å². The summed E-state index contributed by atoms with van der Waals surface area (Å²) in [5.74, 6) is 0. The van der Waals surface area contributed by atoms with Gasteiger partial charge in [-0.15, -0.1) is 0 Å². The Morgan fingerprint density at radius 2 is 1.86 bits per heavy atom. The third kappa shape index (κ3) is 3.07. The molecule has 2 aliphatic heterocycles. The van der Waals surface area contributed by atoms with Crippen molar-refractivity contribution in [3.05, 3.63) is 24.0 Å². The Morgan fingerprint density at radius 1 is 1.18 bits per heavy atom. The number of aromatic nitrogens is 1. The van der Waals surface area contributed by atoms with E-state index in [4.69, 9.17) is 0 Å². The summed E-state index contributed by atoms with van der Waals surface area (Å²) in [7, 11) is 0. The number of rotatable bonds is 2. The molecule has 0 N–H and O–H groups in total. The molecule has 0 bridgehead atoms. The lowest BCUT2D eigenvalue weighted by Gasteiger charge is -2.40. The molecule has 0 saturated carbocycles. The van der Waals surface area contributed by atoms with Crippen molar-refractivity contribution in [3.63, 3.8) is 0 Å². The lowest BCUT2D eigenvalue weighted by molar-refractivity contribution is -0.141. The van der Waals surface area contributed by atoms with Gasteiger partial charge in [0, 0.05) is 31.5 Å². The van der Waals surface area contributed by atoms with Gasteiger partial charge in [-0.1, -0.05) is 6.92 Å². The van der Waals surface area contributed by atoms with Crippen LogP contribution in [0.1, 0.15) is 31.9 Å². The van der Waals surface area contributed by atoms with Crippen molar-refractivity contribution >= 4 is 5.69 Å². The highest BCUT2D eigenvalue weighted by molar-refractivity contribution is 5.47. The first kappa shape index (κ1) is 15.6. The minimum Gasteiger partial charge on any atom is -0.371 e. The van der Waals surface area contributed by atoms with Crippen LogP contribution < -0.4 is 4.90 Å². The maximum atomic E-state index is 12.8. The van der Waals surface area contributed by atoms with Gasteiger partial charge in [0.25, 0.3) is 0 Å². The van der Waals surface area contributed by atoms with Gasteiger partial charge in [-0.3, -0.25) is 4.98 Å². The van der Waals surface area contributed by atoms with E-state index in [1.807, 2.05) is 0 Å². The molecule has 2 saturated heterocycles. The largest absolute Gasteiger partial charge is 0.433 e. The highest BCUT2D eigenvalue weighted by Crippen LogP contribution is 2.41. The van der Waals surface area contributed by atoms with Gasteiger partial charge in [0.15, 0.2) is 0 Å². The smallest absolute Gasteiger partial charge is 0.371 e. The van der Waals surface area contributed by atoms with Crippen LogP contribution in [0.4, 0.5) is 18.9 Å².